The maximum atomic E-state index is 13.1. The summed E-state index contributed by atoms with van der Waals surface area (Å²) in [6.45, 7) is -0.0977. The van der Waals surface area contributed by atoms with Crippen LogP contribution in [0.3, 0.4) is 0 Å². The van der Waals surface area contributed by atoms with E-state index >= 15 is 0 Å². The van der Waals surface area contributed by atoms with Gasteiger partial charge in [-0.05, 0) is 60.7 Å². The fraction of sp³-hybridized carbons (Fsp3) is 0.192. The summed E-state index contributed by atoms with van der Waals surface area (Å²) in [6.07, 6.45) is 0. The number of esters is 2. The maximum absolute atomic E-state index is 13.1. The predicted octanol–water partition coefficient (Wildman–Crippen LogP) is 3.99. The molecule has 1 N–H and O–H groups in total. The molecule has 0 aliphatic heterocycles. The van der Waals surface area contributed by atoms with Gasteiger partial charge < -0.3 is 19.5 Å². The van der Waals surface area contributed by atoms with Crippen molar-refractivity contribution >= 4 is 45.2 Å². The fourth-order valence-corrected chi connectivity index (χ4v) is 4.80. The van der Waals surface area contributed by atoms with Gasteiger partial charge in [-0.25, -0.2) is 18.0 Å². The van der Waals surface area contributed by atoms with Crippen molar-refractivity contribution in [2.24, 2.45) is 0 Å². The van der Waals surface area contributed by atoms with Crippen LogP contribution in [0.4, 0.5) is 5.69 Å². The van der Waals surface area contributed by atoms with Crippen LogP contribution in [0.5, 0.6) is 5.75 Å². The smallest absolute Gasteiger partial charge is 0.337 e. The second kappa shape index (κ2) is 12.1. The standard InChI is InChI=1S/C26H25ClN2O8S/c1-29(38(33,34)22-8-6-20(27)7-9-22)15-19-11-16(5-10-23(19)35-2)24(30)28-21-13-17(25(31)36-3)12-18(14-21)26(32)37-4/h5-14H,15H2,1-4H3,(H,28,30). The molecule has 12 heteroatoms. The van der Waals surface area contributed by atoms with E-state index in [2.05, 4.69) is 5.32 Å². The van der Waals surface area contributed by atoms with Crippen LogP contribution in [0.15, 0.2) is 65.6 Å². The highest BCUT2D eigenvalue weighted by atomic mass is 35.5. The maximum Gasteiger partial charge on any atom is 0.337 e. The molecule has 0 atom stereocenters. The van der Waals surface area contributed by atoms with Gasteiger partial charge in [-0.15, -0.1) is 0 Å². The van der Waals surface area contributed by atoms with E-state index in [1.165, 1.54) is 89.0 Å². The number of carbonyl (C=O) groups excluding carboxylic acids is 3. The van der Waals surface area contributed by atoms with Gasteiger partial charge in [0.15, 0.2) is 0 Å². The summed E-state index contributed by atoms with van der Waals surface area (Å²) in [6, 6.07) is 14.3. The molecule has 0 spiro atoms. The third-order valence-corrected chi connectivity index (χ3v) is 7.56. The normalized spacial score (nSPS) is 11.1. The summed E-state index contributed by atoms with van der Waals surface area (Å²) in [5.41, 5.74) is 0.836. The highest BCUT2D eigenvalue weighted by Gasteiger charge is 2.23. The van der Waals surface area contributed by atoms with E-state index < -0.39 is 27.9 Å². The van der Waals surface area contributed by atoms with Gasteiger partial charge >= 0.3 is 11.9 Å². The SMILES string of the molecule is COC(=O)c1cc(NC(=O)c2ccc(OC)c(CN(C)S(=O)(=O)c3ccc(Cl)cc3)c2)cc(C(=O)OC)c1. The molecular formula is C26H25ClN2O8S. The van der Waals surface area contributed by atoms with E-state index in [0.717, 1.165) is 4.31 Å². The first-order chi connectivity index (χ1) is 18.0. The van der Waals surface area contributed by atoms with E-state index in [1.54, 1.807) is 0 Å². The van der Waals surface area contributed by atoms with Crippen molar-refractivity contribution in [3.63, 3.8) is 0 Å². The molecule has 10 nitrogen and oxygen atoms in total. The first-order valence-electron chi connectivity index (χ1n) is 11.0. The van der Waals surface area contributed by atoms with Gasteiger partial charge in [0, 0.05) is 35.4 Å². The Balaban J connectivity index is 1.90. The Labute approximate surface area is 225 Å². The van der Waals surface area contributed by atoms with Gasteiger partial charge in [-0.2, -0.15) is 4.31 Å². The number of anilines is 1. The molecule has 3 aromatic rings. The molecule has 0 saturated carbocycles. The highest BCUT2D eigenvalue weighted by Crippen LogP contribution is 2.26. The molecule has 0 fully saturated rings. The molecule has 0 radical (unpaired) electrons. The Morgan fingerprint density at radius 3 is 1.95 bits per heavy atom. The average Bonchev–Trinajstić information content (AvgIpc) is 2.91. The zero-order valence-electron chi connectivity index (χ0n) is 21.0. The van der Waals surface area contributed by atoms with Crippen molar-refractivity contribution in [1.82, 2.24) is 4.31 Å². The number of benzene rings is 3. The summed E-state index contributed by atoms with van der Waals surface area (Å²) in [5.74, 6) is -1.61. The van der Waals surface area contributed by atoms with Crippen LogP contribution < -0.4 is 10.1 Å². The topological polar surface area (TPSA) is 128 Å². The fourth-order valence-electron chi connectivity index (χ4n) is 3.53. The molecule has 0 heterocycles. The van der Waals surface area contributed by atoms with Crippen LogP contribution in [0.25, 0.3) is 0 Å². The number of rotatable bonds is 9. The van der Waals surface area contributed by atoms with Gasteiger partial charge in [0.1, 0.15) is 5.75 Å². The van der Waals surface area contributed by atoms with Crippen LogP contribution in [-0.4, -0.2) is 58.9 Å². The van der Waals surface area contributed by atoms with Gasteiger partial charge in [-0.1, -0.05) is 11.6 Å². The van der Waals surface area contributed by atoms with E-state index in [-0.39, 0.29) is 33.8 Å². The zero-order valence-corrected chi connectivity index (χ0v) is 22.6. The van der Waals surface area contributed by atoms with Gasteiger partial charge in [0.2, 0.25) is 10.0 Å². The average molecular weight is 561 g/mol. The van der Waals surface area contributed by atoms with Crippen molar-refractivity contribution in [3.05, 3.63) is 87.9 Å². The van der Waals surface area contributed by atoms with Crippen molar-refractivity contribution in [1.29, 1.82) is 0 Å². The molecule has 1 amide bonds. The number of nitrogens with one attached hydrogen (secondary N) is 1. The lowest BCUT2D eigenvalue weighted by Gasteiger charge is -2.19. The molecule has 0 bridgehead atoms. The van der Waals surface area contributed by atoms with E-state index in [1.807, 2.05) is 0 Å². The molecule has 3 rings (SSSR count). The van der Waals surface area contributed by atoms with Crippen LogP contribution >= 0.6 is 11.6 Å². The van der Waals surface area contributed by atoms with Gasteiger partial charge in [0.25, 0.3) is 5.91 Å². The Hall–Kier alpha value is -3.93. The minimum absolute atomic E-state index is 0.0372. The summed E-state index contributed by atoms with van der Waals surface area (Å²) < 4.78 is 42.0. The molecule has 3 aromatic carbocycles. The largest absolute Gasteiger partial charge is 0.496 e. The lowest BCUT2D eigenvalue weighted by atomic mass is 10.1. The number of carbonyl (C=O) groups is 3. The quantitative estimate of drug-likeness (QED) is 0.389. The summed E-state index contributed by atoms with van der Waals surface area (Å²) in [4.78, 5) is 37.2. The Bertz CT molecular complexity index is 1440. The molecular weight excluding hydrogens is 536 g/mol. The first-order valence-corrected chi connectivity index (χ1v) is 12.8. The van der Waals surface area contributed by atoms with E-state index in [9.17, 15) is 22.8 Å². The molecule has 0 aromatic heterocycles. The zero-order chi connectivity index (χ0) is 28.0. The molecule has 0 saturated heterocycles. The number of nitrogens with zero attached hydrogens (tertiary/aromatic N) is 1. The summed E-state index contributed by atoms with van der Waals surface area (Å²) >= 11 is 5.87. The van der Waals surface area contributed by atoms with Crippen molar-refractivity contribution in [2.75, 3.05) is 33.7 Å². The van der Waals surface area contributed by atoms with Gasteiger partial charge in [0.05, 0.1) is 37.4 Å². The molecule has 0 unspecified atom stereocenters. The lowest BCUT2D eigenvalue weighted by Crippen LogP contribution is -2.27. The number of ether oxygens (including phenoxy) is 3. The summed E-state index contributed by atoms with van der Waals surface area (Å²) in [5, 5.41) is 3.04. The third kappa shape index (κ3) is 6.49. The number of hydrogen-bond acceptors (Lipinski definition) is 8. The number of methoxy groups -OCH3 is 3. The van der Waals surface area contributed by atoms with Crippen molar-refractivity contribution < 1.29 is 37.0 Å². The highest BCUT2D eigenvalue weighted by molar-refractivity contribution is 7.89. The minimum Gasteiger partial charge on any atom is -0.496 e. The second-order valence-corrected chi connectivity index (χ2v) is 10.5. The molecule has 0 aliphatic rings. The Morgan fingerprint density at radius 2 is 1.42 bits per heavy atom. The lowest BCUT2D eigenvalue weighted by molar-refractivity contribution is 0.0598. The van der Waals surface area contributed by atoms with Crippen LogP contribution in [0.2, 0.25) is 5.02 Å². The van der Waals surface area contributed by atoms with E-state index in [4.69, 9.17) is 25.8 Å². The summed E-state index contributed by atoms with van der Waals surface area (Å²) in [7, 11) is 1.35. The minimum atomic E-state index is -3.86. The van der Waals surface area contributed by atoms with Crippen molar-refractivity contribution in [3.8, 4) is 5.75 Å². The number of halogens is 1. The van der Waals surface area contributed by atoms with Gasteiger partial charge in [-0.3, -0.25) is 4.79 Å². The molecule has 38 heavy (non-hydrogen) atoms. The number of hydrogen-bond donors (Lipinski definition) is 1. The number of sulfonamides is 1. The third-order valence-electron chi connectivity index (χ3n) is 5.49. The predicted molar refractivity (Wildman–Crippen MR) is 140 cm³/mol. The van der Waals surface area contributed by atoms with Crippen LogP contribution in [0.1, 0.15) is 36.6 Å². The van der Waals surface area contributed by atoms with E-state index in [0.29, 0.717) is 16.3 Å². The number of amides is 1. The second-order valence-electron chi connectivity index (χ2n) is 7.98. The molecule has 200 valence electrons. The first kappa shape index (κ1) is 28.6. The van der Waals surface area contributed by atoms with Crippen molar-refractivity contribution in [2.45, 2.75) is 11.4 Å². The Morgan fingerprint density at radius 1 is 0.842 bits per heavy atom. The van der Waals surface area contributed by atoms with Crippen LogP contribution in [0, 0.1) is 0 Å². The van der Waals surface area contributed by atoms with Crippen LogP contribution in [-0.2, 0) is 26.0 Å². The molecule has 0 aliphatic carbocycles. The monoisotopic (exact) mass is 560 g/mol. The Kier molecular flexibility index (Phi) is 9.10.